The van der Waals surface area contributed by atoms with Gasteiger partial charge < -0.3 is 5.32 Å². The molecule has 1 rings (SSSR count). The zero-order valence-electron chi connectivity index (χ0n) is 12.2. The Morgan fingerprint density at radius 3 is 2.33 bits per heavy atom. The summed E-state index contributed by atoms with van der Waals surface area (Å²) in [5.41, 5.74) is 0.287. The van der Waals surface area contributed by atoms with E-state index in [4.69, 9.17) is 0 Å². The van der Waals surface area contributed by atoms with Gasteiger partial charge in [0.2, 0.25) is 10.0 Å². The summed E-state index contributed by atoms with van der Waals surface area (Å²) in [6.07, 6.45) is 2.95. The molecule has 1 heterocycles. The molecule has 1 aliphatic heterocycles. The lowest BCUT2D eigenvalue weighted by Gasteiger charge is -2.37. The number of piperidine rings is 1. The molecule has 1 saturated heterocycles. The van der Waals surface area contributed by atoms with Gasteiger partial charge in [-0.3, -0.25) is 0 Å². The number of hydrogen-bond donors (Lipinski definition) is 1. The van der Waals surface area contributed by atoms with Crippen LogP contribution in [-0.2, 0) is 10.0 Å². The van der Waals surface area contributed by atoms with Crippen molar-refractivity contribution in [3.05, 3.63) is 0 Å². The Morgan fingerprint density at radius 2 is 1.83 bits per heavy atom. The predicted molar refractivity (Wildman–Crippen MR) is 76.1 cm³/mol. The molecule has 0 saturated carbocycles. The second-order valence-electron chi connectivity index (χ2n) is 6.12. The second kappa shape index (κ2) is 6.35. The first-order valence-electron chi connectivity index (χ1n) is 6.99. The summed E-state index contributed by atoms with van der Waals surface area (Å²) in [6, 6.07) is 0. The summed E-state index contributed by atoms with van der Waals surface area (Å²) >= 11 is 0. The third-order valence-corrected chi connectivity index (χ3v) is 6.07. The first kappa shape index (κ1) is 15.9. The second-order valence-corrected chi connectivity index (χ2v) is 8.47. The molecule has 0 spiro atoms. The highest BCUT2D eigenvalue weighted by atomic mass is 32.2. The fourth-order valence-electron chi connectivity index (χ4n) is 2.19. The van der Waals surface area contributed by atoms with Gasteiger partial charge in [-0.1, -0.05) is 20.8 Å². The van der Waals surface area contributed by atoms with E-state index in [2.05, 4.69) is 26.1 Å². The van der Waals surface area contributed by atoms with E-state index < -0.39 is 10.0 Å². The van der Waals surface area contributed by atoms with Crippen molar-refractivity contribution in [2.45, 2.75) is 52.2 Å². The Labute approximate surface area is 112 Å². The maximum Gasteiger partial charge on any atom is 0.217 e. The molecule has 1 unspecified atom stereocenters. The molecule has 1 fully saturated rings. The van der Waals surface area contributed by atoms with Crippen molar-refractivity contribution in [3.63, 3.8) is 0 Å². The molecule has 1 atom stereocenters. The predicted octanol–water partition coefficient (Wildman–Crippen LogP) is 1.83. The third kappa shape index (κ3) is 4.21. The van der Waals surface area contributed by atoms with Crippen LogP contribution in [0.4, 0.5) is 0 Å². The SMILES string of the molecule is CCCNCC(C)S(=O)(=O)N1CCC(C)(C)CC1. The van der Waals surface area contributed by atoms with E-state index in [0.29, 0.717) is 19.6 Å². The summed E-state index contributed by atoms with van der Waals surface area (Å²) in [5, 5.41) is 2.86. The lowest BCUT2D eigenvalue weighted by molar-refractivity contribution is 0.195. The quantitative estimate of drug-likeness (QED) is 0.753. The first-order chi connectivity index (χ1) is 8.29. The molecule has 0 bridgehead atoms. The van der Waals surface area contributed by atoms with Crippen molar-refractivity contribution in [1.29, 1.82) is 0 Å². The van der Waals surface area contributed by atoms with Crippen LogP contribution in [0.5, 0.6) is 0 Å². The van der Waals surface area contributed by atoms with Gasteiger partial charge in [-0.15, -0.1) is 0 Å². The van der Waals surface area contributed by atoms with E-state index >= 15 is 0 Å². The van der Waals surface area contributed by atoms with Gasteiger partial charge in [-0.2, -0.15) is 0 Å². The highest BCUT2D eigenvalue weighted by Gasteiger charge is 2.34. The van der Waals surface area contributed by atoms with Gasteiger partial charge in [0.15, 0.2) is 0 Å². The average molecular weight is 276 g/mol. The standard InChI is InChI=1S/C13H28N2O2S/c1-5-8-14-11-12(2)18(16,17)15-9-6-13(3,4)7-10-15/h12,14H,5-11H2,1-4H3. The number of nitrogens with one attached hydrogen (secondary N) is 1. The molecule has 0 aromatic carbocycles. The minimum absolute atomic E-state index is 0.287. The van der Waals surface area contributed by atoms with Crippen LogP contribution < -0.4 is 5.32 Å². The van der Waals surface area contributed by atoms with E-state index in [1.807, 2.05) is 0 Å². The molecule has 18 heavy (non-hydrogen) atoms. The van der Waals surface area contributed by atoms with Gasteiger partial charge >= 0.3 is 0 Å². The van der Waals surface area contributed by atoms with Crippen LogP contribution in [0.25, 0.3) is 0 Å². The van der Waals surface area contributed by atoms with E-state index in [1.165, 1.54) is 0 Å². The van der Waals surface area contributed by atoms with E-state index in [-0.39, 0.29) is 10.7 Å². The minimum Gasteiger partial charge on any atom is -0.315 e. The number of sulfonamides is 1. The van der Waals surface area contributed by atoms with Crippen molar-refractivity contribution in [3.8, 4) is 0 Å². The molecule has 0 amide bonds. The third-order valence-electron chi connectivity index (χ3n) is 3.80. The zero-order valence-corrected chi connectivity index (χ0v) is 13.0. The van der Waals surface area contributed by atoms with Crippen molar-refractivity contribution in [2.24, 2.45) is 5.41 Å². The summed E-state index contributed by atoms with van der Waals surface area (Å²) in [4.78, 5) is 0. The van der Waals surface area contributed by atoms with E-state index in [0.717, 1.165) is 25.8 Å². The highest BCUT2D eigenvalue weighted by Crippen LogP contribution is 2.31. The van der Waals surface area contributed by atoms with E-state index in [9.17, 15) is 8.42 Å². The molecule has 108 valence electrons. The molecule has 0 aromatic heterocycles. The minimum atomic E-state index is -3.12. The molecule has 4 nitrogen and oxygen atoms in total. The Kier molecular flexibility index (Phi) is 5.62. The fraction of sp³-hybridized carbons (Fsp3) is 1.00. The fourth-order valence-corrected chi connectivity index (χ4v) is 3.72. The molecule has 0 aromatic rings. The number of hydrogen-bond acceptors (Lipinski definition) is 3. The van der Waals surface area contributed by atoms with Crippen LogP contribution in [0.3, 0.4) is 0 Å². The van der Waals surface area contributed by atoms with Gasteiger partial charge in [0.1, 0.15) is 0 Å². The van der Waals surface area contributed by atoms with Crippen LogP contribution in [0.2, 0.25) is 0 Å². The van der Waals surface area contributed by atoms with Crippen LogP contribution in [0, 0.1) is 5.41 Å². The molecular formula is C13H28N2O2S. The van der Waals surface area contributed by atoms with Crippen molar-refractivity contribution >= 4 is 10.0 Å². The monoisotopic (exact) mass is 276 g/mol. The highest BCUT2D eigenvalue weighted by molar-refractivity contribution is 7.89. The van der Waals surface area contributed by atoms with Crippen LogP contribution in [0.15, 0.2) is 0 Å². The van der Waals surface area contributed by atoms with Crippen molar-refractivity contribution in [2.75, 3.05) is 26.2 Å². The topological polar surface area (TPSA) is 49.4 Å². The molecule has 5 heteroatoms. The van der Waals surface area contributed by atoms with Gasteiger partial charge in [0, 0.05) is 19.6 Å². The number of rotatable bonds is 6. The van der Waals surface area contributed by atoms with Gasteiger partial charge in [-0.05, 0) is 38.1 Å². The molecular weight excluding hydrogens is 248 g/mol. The molecule has 0 radical (unpaired) electrons. The number of nitrogens with zero attached hydrogens (tertiary/aromatic N) is 1. The maximum atomic E-state index is 12.4. The first-order valence-corrected chi connectivity index (χ1v) is 8.49. The normalized spacial score (nSPS) is 22.9. The van der Waals surface area contributed by atoms with Gasteiger partial charge in [0.25, 0.3) is 0 Å². The van der Waals surface area contributed by atoms with Crippen LogP contribution in [0.1, 0.15) is 47.0 Å². The van der Waals surface area contributed by atoms with Crippen LogP contribution >= 0.6 is 0 Å². The smallest absolute Gasteiger partial charge is 0.217 e. The van der Waals surface area contributed by atoms with E-state index in [1.54, 1.807) is 11.2 Å². The Morgan fingerprint density at radius 1 is 1.28 bits per heavy atom. The Bertz CT molecular complexity index is 342. The zero-order chi connectivity index (χ0) is 13.8. The maximum absolute atomic E-state index is 12.4. The van der Waals surface area contributed by atoms with Crippen molar-refractivity contribution in [1.82, 2.24) is 9.62 Å². The summed E-state index contributed by atoms with van der Waals surface area (Å²) in [7, 11) is -3.12. The average Bonchev–Trinajstić information content (AvgIpc) is 2.28. The summed E-state index contributed by atoms with van der Waals surface area (Å²) in [6.45, 7) is 11.1. The lowest BCUT2D eigenvalue weighted by atomic mass is 9.83. The molecule has 1 aliphatic rings. The lowest BCUT2D eigenvalue weighted by Crippen LogP contribution is -2.47. The van der Waals surface area contributed by atoms with Gasteiger partial charge in [-0.25, -0.2) is 12.7 Å². The molecule has 1 N–H and O–H groups in total. The summed E-state index contributed by atoms with van der Waals surface area (Å²) in [5.74, 6) is 0. The Balaban J connectivity index is 2.53. The van der Waals surface area contributed by atoms with Crippen molar-refractivity contribution < 1.29 is 8.42 Å². The van der Waals surface area contributed by atoms with Crippen LogP contribution in [-0.4, -0.2) is 44.2 Å². The molecule has 0 aliphatic carbocycles. The Hall–Kier alpha value is -0.130. The van der Waals surface area contributed by atoms with Gasteiger partial charge in [0.05, 0.1) is 5.25 Å². The largest absolute Gasteiger partial charge is 0.315 e. The summed E-state index contributed by atoms with van der Waals surface area (Å²) < 4.78 is 26.4.